The van der Waals surface area contributed by atoms with Crippen molar-refractivity contribution in [2.75, 3.05) is 37.7 Å². The van der Waals surface area contributed by atoms with Crippen LogP contribution in [0.5, 0.6) is 11.5 Å². The van der Waals surface area contributed by atoms with Crippen LogP contribution in [0, 0.1) is 5.92 Å². The highest BCUT2D eigenvalue weighted by Gasteiger charge is 2.43. The molecular formula is C29H38N2O3. The molecule has 5 rings (SSSR count). The molecule has 0 aliphatic carbocycles. The Kier molecular flexibility index (Phi) is 6.82. The number of fused-ring (bicyclic) bond motifs is 2. The average Bonchev–Trinajstić information content (AvgIpc) is 2.86. The third kappa shape index (κ3) is 4.55. The number of rotatable bonds is 7. The van der Waals surface area contributed by atoms with Crippen molar-refractivity contribution < 1.29 is 14.3 Å². The fraction of sp³-hybridized carbons (Fsp3) is 0.552. The number of amides is 1. The molecule has 2 fully saturated rings. The van der Waals surface area contributed by atoms with Crippen LogP contribution in [-0.2, 0) is 6.42 Å². The zero-order valence-corrected chi connectivity index (χ0v) is 20.7. The summed E-state index contributed by atoms with van der Waals surface area (Å²) in [6.45, 7) is 9.16. The smallest absolute Gasteiger partial charge is 0.258 e. The van der Waals surface area contributed by atoms with Crippen LogP contribution in [0.4, 0.5) is 5.69 Å². The molecule has 0 aromatic heterocycles. The van der Waals surface area contributed by atoms with Gasteiger partial charge in [-0.1, -0.05) is 13.3 Å². The lowest BCUT2D eigenvalue weighted by molar-refractivity contribution is -0.0377. The van der Waals surface area contributed by atoms with Gasteiger partial charge in [-0.15, -0.1) is 0 Å². The van der Waals surface area contributed by atoms with Crippen molar-refractivity contribution in [1.29, 1.82) is 0 Å². The summed E-state index contributed by atoms with van der Waals surface area (Å²) < 4.78 is 12.0. The second kappa shape index (κ2) is 9.99. The summed E-state index contributed by atoms with van der Waals surface area (Å²) in [5.41, 5.74) is 3.06. The summed E-state index contributed by atoms with van der Waals surface area (Å²) >= 11 is 0. The quantitative estimate of drug-likeness (QED) is 0.528. The molecule has 1 amide bonds. The molecule has 0 saturated carbocycles. The highest BCUT2D eigenvalue weighted by molar-refractivity contribution is 6.08. The Morgan fingerprint density at radius 3 is 2.59 bits per heavy atom. The van der Waals surface area contributed by atoms with E-state index in [9.17, 15) is 4.79 Å². The van der Waals surface area contributed by atoms with Crippen LogP contribution in [-0.4, -0.2) is 49.2 Å². The first-order chi connectivity index (χ1) is 16.6. The Bertz CT molecular complexity index is 1000. The van der Waals surface area contributed by atoms with Crippen molar-refractivity contribution in [3.05, 3.63) is 53.6 Å². The van der Waals surface area contributed by atoms with Crippen molar-refractivity contribution in [2.24, 2.45) is 5.92 Å². The van der Waals surface area contributed by atoms with Crippen molar-refractivity contribution >= 4 is 11.6 Å². The topological polar surface area (TPSA) is 42.0 Å². The maximum Gasteiger partial charge on any atom is 0.258 e. The van der Waals surface area contributed by atoms with Crippen LogP contribution in [0.1, 0.15) is 68.3 Å². The first-order valence-corrected chi connectivity index (χ1v) is 13.1. The first kappa shape index (κ1) is 23.2. The maximum atomic E-state index is 13.2. The Hall–Kier alpha value is -2.53. The van der Waals surface area contributed by atoms with E-state index in [1.54, 1.807) is 0 Å². The fourth-order valence-electron chi connectivity index (χ4n) is 6.07. The number of hydrogen-bond donors (Lipinski definition) is 0. The number of anilines is 1. The standard InChI is InChI=1S/C29H38N2O3/c1-3-19-33-26-12-13-27-22(20-26)14-18-31(28(27)32)24-8-10-25(11-9-24)34-21-23-7-6-17-30-16-5-4-15-29(23,30)2/h8-13,20,23H,3-7,14-19,21H2,1-2H3/t23-,29+/m0/s1. The number of nitrogens with zero attached hydrogens (tertiary/aromatic N) is 2. The number of ether oxygens (including phenoxy) is 2. The predicted molar refractivity (Wildman–Crippen MR) is 136 cm³/mol. The van der Waals surface area contributed by atoms with Crippen molar-refractivity contribution in [1.82, 2.24) is 4.90 Å². The lowest BCUT2D eigenvalue weighted by atomic mass is 9.73. The minimum absolute atomic E-state index is 0.0597. The molecule has 3 aliphatic rings. The van der Waals surface area contributed by atoms with E-state index >= 15 is 0 Å². The van der Waals surface area contributed by atoms with Crippen LogP contribution < -0.4 is 14.4 Å². The summed E-state index contributed by atoms with van der Waals surface area (Å²) in [7, 11) is 0. The fourth-order valence-corrected chi connectivity index (χ4v) is 6.07. The van der Waals surface area contributed by atoms with Gasteiger partial charge in [-0.25, -0.2) is 0 Å². The molecule has 0 spiro atoms. The molecule has 5 heteroatoms. The SMILES string of the molecule is CCCOc1ccc2c(c1)CCN(c1ccc(OC[C@@H]3CCCN4CCCC[C@]34C)cc1)C2=O. The summed E-state index contributed by atoms with van der Waals surface area (Å²) in [6.07, 6.45) is 8.27. The lowest BCUT2D eigenvalue weighted by Gasteiger charge is -2.52. The minimum Gasteiger partial charge on any atom is -0.494 e. The molecule has 182 valence electrons. The molecule has 0 bridgehead atoms. The van der Waals surface area contributed by atoms with Gasteiger partial charge in [0.25, 0.3) is 5.91 Å². The zero-order valence-electron chi connectivity index (χ0n) is 20.7. The van der Waals surface area contributed by atoms with Crippen LogP contribution in [0.2, 0.25) is 0 Å². The Morgan fingerprint density at radius 2 is 1.76 bits per heavy atom. The predicted octanol–water partition coefficient (Wildman–Crippen LogP) is 5.71. The Balaban J connectivity index is 1.22. The number of piperidine rings is 2. The molecular weight excluding hydrogens is 424 g/mol. The molecule has 0 radical (unpaired) electrons. The summed E-state index contributed by atoms with van der Waals surface area (Å²) in [4.78, 5) is 17.8. The van der Waals surface area contributed by atoms with Gasteiger partial charge in [0.05, 0.1) is 13.2 Å². The average molecular weight is 463 g/mol. The van der Waals surface area contributed by atoms with E-state index in [4.69, 9.17) is 9.47 Å². The second-order valence-electron chi connectivity index (χ2n) is 10.3. The molecule has 2 aromatic carbocycles. The van der Waals surface area contributed by atoms with Crippen molar-refractivity contribution in [3.8, 4) is 11.5 Å². The molecule has 2 atom stereocenters. The Morgan fingerprint density at radius 1 is 0.971 bits per heavy atom. The maximum absolute atomic E-state index is 13.2. The normalized spacial score (nSPS) is 24.9. The van der Waals surface area contributed by atoms with E-state index in [0.717, 1.165) is 47.8 Å². The molecule has 34 heavy (non-hydrogen) atoms. The monoisotopic (exact) mass is 462 g/mol. The molecule has 2 saturated heterocycles. The number of carbonyl (C=O) groups is 1. The van der Waals surface area contributed by atoms with Gasteiger partial charge in [-0.05, 0) is 107 Å². The first-order valence-electron chi connectivity index (χ1n) is 13.1. The highest BCUT2D eigenvalue weighted by atomic mass is 16.5. The van der Waals surface area contributed by atoms with Crippen LogP contribution >= 0.6 is 0 Å². The molecule has 5 nitrogen and oxygen atoms in total. The van der Waals surface area contributed by atoms with E-state index in [0.29, 0.717) is 19.1 Å². The lowest BCUT2D eigenvalue weighted by Crippen LogP contribution is -2.58. The van der Waals surface area contributed by atoms with Gasteiger partial charge in [0.15, 0.2) is 0 Å². The van der Waals surface area contributed by atoms with Gasteiger partial charge >= 0.3 is 0 Å². The largest absolute Gasteiger partial charge is 0.494 e. The van der Waals surface area contributed by atoms with E-state index < -0.39 is 0 Å². The Labute approximate surface area is 204 Å². The van der Waals surface area contributed by atoms with Gasteiger partial charge in [0.1, 0.15) is 11.5 Å². The van der Waals surface area contributed by atoms with Crippen molar-refractivity contribution in [3.63, 3.8) is 0 Å². The molecule has 0 unspecified atom stereocenters. The molecule has 3 aliphatic heterocycles. The second-order valence-corrected chi connectivity index (χ2v) is 10.3. The third-order valence-electron chi connectivity index (χ3n) is 8.17. The van der Waals surface area contributed by atoms with Gasteiger partial charge in [0.2, 0.25) is 0 Å². The summed E-state index contributed by atoms with van der Waals surface area (Å²) in [5, 5.41) is 0. The molecule has 0 N–H and O–H groups in total. The van der Waals surface area contributed by atoms with Crippen LogP contribution in [0.15, 0.2) is 42.5 Å². The van der Waals surface area contributed by atoms with E-state index in [2.05, 4.69) is 18.7 Å². The zero-order chi connectivity index (χ0) is 23.5. The highest BCUT2D eigenvalue weighted by Crippen LogP contribution is 2.40. The van der Waals surface area contributed by atoms with Crippen LogP contribution in [0.25, 0.3) is 0 Å². The number of benzene rings is 2. The van der Waals surface area contributed by atoms with E-state index in [1.165, 1.54) is 45.2 Å². The number of hydrogen-bond acceptors (Lipinski definition) is 4. The summed E-state index contributed by atoms with van der Waals surface area (Å²) in [6, 6.07) is 13.9. The van der Waals surface area contributed by atoms with Crippen LogP contribution in [0.3, 0.4) is 0 Å². The minimum atomic E-state index is 0.0597. The van der Waals surface area contributed by atoms with Gasteiger partial charge in [0, 0.05) is 29.3 Å². The van der Waals surface area contributed by atoms with Gasteiger partial charge < -0.3 is 14.4 Å². The van der Waals surface area contributed by atoms with Gasteiger partial charge in [-0.3, -0.25) is 9.69 Å². The van der Waals surface area contributed by atoms with Crippen molar-refractivity contribution in [2.45, 2.75) is 64.3 Å². The molecule has 2 aromatic rings. The number of carbonyl (C=O) groups excluding carboxylic acids is 1. The summed E-state index contributed by atoms with van der Waals surface area (Å²) in [5.74, 6) is 2.38. The van der Waals surface area contributed by atoms with E-state index in [-0.39, 0.29) is 11.4 Å². The van der Waals surface area contributed by atoms with Gasteiger partial charge in [-0.2, -0.15) is 0 Å². The third-order valence-corrected chi connectivity index (χ3v) is 8.17. The van der Waals surface area contributed by atoms with E-state index in [1.807, 2.05) is 47.4 Å². The molecule has 3 heterocycles.